The average Bonchev–Trinajstić information content (AvgIpc) is 2.35. The monoisotopic (exact) mass is 223 g/mol. The normalized spacial score (nSPS) is 14.7. The molecule has 4 heteroatoms. The van der Waals surface area contributed by atoms with E-state index in [1.807, 2.05) is 19.1 Å². The van der Waals surface area contributed by atoms with E-state index in [0.717, 1.165) is 12.8 Å². The maximum atomic E-state index is 5.66. The quantitative estimate of drug-likeness (QED) is 0.540. The van der Waals surface area contributed by atoms with Crippen LogP contribution in [0.3, 0.4) is 0 Å². The van der Waals surface area contributed by atoms with Crippen LogP contribution in [0, 0.1) is 0 Å². The fourth-order valence-electron chi connectivity index (χ4n) is 1.80. The molecule has 0 aliphatic carbocycles. The Morgan fingerprint density at radius 3 is 2.56 bits per heavy atom. The summed E-state index contributed by atoms with van der Waals surface area (Å²) in [6.45, 7) is 4.83. The Labute approximate surface area is 97.2 Å². The molecule has 1 rings (SSSR count). The summed E-state index contributed by atoms with van der Waals surface area (Å²) in [5, 5.41) is 0. The minimum Gasteiger partial charge on any atom is -0.377 e. The Morgan fingerprint density at radius 2 is 2.06 bits per heavy atom. The third-order valence-corrected chi connectivity index (χ3v) is 2.65. The van der Waals surface area contributed by atoms with Crippen LogP contribution in [0.15, 0.2) is 24.5 Å². The van der Waals surface area contributed by atoms with Crippen LogP contribution in [0.1, 0.15) is 25.8 Å². The highest BCUT2D eigenvalue weighted by molar-refractivity contribution is 5.11. The van der Waals surface area contributed by atoms with Gasteiger partial charge >= 0.3 is 0 Å². The van der Waals surface area contributed by atoms with Crippen molar-refractivity contribution in [2.45, 2.75) is 38.8 Å². The molecule has 4 nitrogen and oxygen atoms in total. The van der Waals surface area contributed by atoms with Crippen LogP contribution >= 0.6 is 0 Å². The highest BCUT2D eigenvalue weighted by Crippen LogP contribution is 2.10. The number of nitrogens with zero attached hydrogens (tertiary/aromatic N) is 1. The number of aromatic nitrogens is 1. The predicted octanol–water partition coefficient (Wildman–Crippen LogP) is 1.27. The first-order valence-corrected chi connectivity index (χ1v) is 5.78. The minimum atomic E-state index is 0.146. The Hall–Kier alpha value is -0.970. The van der Waals surface area contributed by atoms with Crippen molar-refractivity contribution in [3.8, 4) is 0 Å². The summed E-state index contributed by atoms with van der Waals surface area (Å²) in [5.74, 6) is 5.58. The van der Waals surface area contributed by atoms with Gasteiger partial charge in [-0.15, -0.1) is 0 Å². The second-order valence-corrected chi connectivity index (χ2v) is 3.73. The van der Waals surface area contributed by atoms with Gasteiger partial charge in [0.2, 0.25) is 0 Å². The summed E-state index contributed by atoms with van der Waals surface area (Å²) in [6.07, 6.45) is 5.56. The van der Waals surface area contributed by atoms with Gasteiger partial charge in [-0.3, -0.25) is 16.3 Å². The summed E-state index contributed by atoms with van der Waals surface area (Å²) < 4.78 is 5.66. The van der Waals surface area contributed by atoms with Crippen LogP contribution in [0.5, 0.6) is 0 Å². The molecular formula is C12H21N3O. The zero-order chi connectivity index (χ0) is 11.8. The fourth-order valence-corrected chi connectivity index (χ4v) is 1.80. The van der Waals surface area contributed by atoms with Crippen molar-refractivity contribution in [2.24, 2.45) is 5.84 Å². The highest BCUT2D eigenvalue weighted by atomic mass is 16.5. The zero-order valence-electron chi connectivity index (χ0n) is 10.0. The highest BCUT2D eigenvalue weighted by Gasteiger charge is 2.19. The van der Waals surface area contributed by atoms with Crippen molar-refractivity contribution in [1.82, 2.24) is 10.4 Å². The van der Waals surface area contributed by atoms with Crippen LogP contribution in [0.4, 0.5) is 0 Å². The van der Waals surface area contributed by atoms with Gasteiger partial charge in [0, 0.05) is 19.0 Å². The number of rotatable bonds is 7. The van der Waals surface area contributed by atoms with Crippen LogP contribution in [-0.4, -0.2) is 23.7 Å². The number of hydrogen-bond donors (Lipinski definition) is 2. The van der Waals surface area contributed by atoms with E-state index < -0.39 is 0 Å². The lowest BCUT2D eigenvalue weighted by atomic mass is 10.0. The lowest BCUT2D eigenvalue weighted by Gasteiger charge is -2.25. The molecule has 0 aliphatic heterocycles. The van der Waals surface area contributed by atoms with Crippen molar-refractivity contribution in [3.63, 3.8) is 0 Å². The van der Waals surface area contributed by atoms with Crippen LogP contribution in [0.25, 0.3) is 0 Å². The topological polar surface area (TPSA) is 60.2 Å². The maximum absolute atomic E-state index is 5.66. The second-order valence-electron chi connectivity index (χ2n) is 3.73. The molecule has 0 saturated heterocycles. The van der Waals surface area contributed by atoms with Gasteiger partial charge in [-0.25, -0.2) is 0 Å². The zero-order valence-corrected chi connectivity index (χ0v) is 10.0. The van der Waals surface area contributed by atoms with Gasteiger partial charge in [0.25, 0.3) is 0 Å². The largest absolute Gasteiger partial charge is 0.377 e. The molecule has 0 bridgehead atoms. The molecule has 90 valence electrons. The Balaban J connectivity index is 2.60. The fraction of sp³-hybridized carbons (Fsp3) is 0.583. The van der Waals surface area contributed by atoms with E-state index in [1.165, 1.54) is 5.56 Å². The molecule has 0 saturated carbocycles. The molecule has 0 spiro atoms. The minimum absolute atomic E-state index is 0.146. The Bertz CT molecular complexity index is 279. The molecule has 16 heavy (non-hydrogen) atoms. The smallest absolute Gasteiger partial charge is 0.0741 e. The number of ether oxygens (including phenoxy) is 1. The first-order valence-electron chi connectivity index (χ1n) is 5.78. The van der Waals surface area contributed by atoms with Crippen molar-refractivity contribution in [3.05, 3.63) is 30.1 Å². The van der Waals surface area contributed by atoms with E-state index in [9.17, 15) is 0 Å². The van der Waals surface area contributed by atoms with E-state index >= 15 is 0 Å². The molecule has 1 aromatic heterocycles. The van der Waals surface area contributed by atoms with E-state index in [0.29, 0.717) is 6.61 Å². The first-order chi connectivity index (χ1) is 7.81. The van der Waals surface area contributed by atoms with Crippen molar-refractivity contribution in [1.29, 1.82) is 0 Å². The van der Waals surface area contributed by atoms with E-state index in [1.54, 1.807) is 12.4 Å². The lowest BCUT2D eigenvalue weighted by molar-refractivity contribution is 0.0319. The number of nitrogens with two attached hydrogens (primary N) is 1. The summed E-state index contributed by atoms with van der Waals surface area (Å²) in [5.41, 5.74) is 4.06. The molecule has 0 fully saturated rings. The second kappa shape index (κ2) is 7.33. The lowest BCUT2D eigenvalue weighted by Crippen LogP contribution is -2.46. The number of hydrazine groups is 1. The summed E-state index contributed by atoms with van der Waals surface area (Å²) in [4.78, 5) is 4.00. The molecular weight excluding hydrogens is 202 g/mol. The van der Waals surface area contributed by atoms with Crippen molar-refractivity contribution < 1.29 is 4.74 Å². The molecule has 0 aliphatic rings. The SMILES string of the molecule is CCOC(CC)C(Cc1ccncc1)NN. The van der Waals surface area contributed by atoms with Gasteiger partial charge in [0.05, 0.1) is 12.1 Å². The Kier molecular flexibility index (Phi) is 6.00. The molecule has 1 heterocycles. The molecule has 0 aromatic carbocycles. The first kappa shape index (κ1) is 13.1. The van der Waals surface area contributed by atoms with Gasteiger partial charge in [-0.05, 0) is 37.5 Å². The third-order valence-electron chi connectivity index (χ3n) is 2.65. The molecule has 0 amide bonds. The van der Waals surface area contributed by atoms with Crippen LogP contribution < -0.4 is 11.3 Å². The van der Waals surface area contributed by atoms with Crippen LogP contribution in [-0.2, 0) is 11.2 Å². The number of pyridine rings is 1. The number of hydrogen-bond acceptors (Lipinski definition) is 4. The van der Waals surface area contributed by atoms with E-state index in [-0.39, 0.29) is 12.1 Å². The predicted molar refractivity (Wildman–Crippen MR) is 64.8 cm³/mol. The molecule has 0 radical (unpaired) electrons. The van der Waals surface area contributed by atoms with Gasteiger partial charge < -0.3 is 4.74 Å². The molecule has 3 N–H and O–H groups in total. The maximum Gasteiger partial charge on any atom is 0.0741 e. The van der Waals surface area contributed by atoms with E-state index in [2.05, 4.69) is 17.3 Å². The summed E-state index contributed by atoms with van der Waals surface area (Å²) in [6, 6.07) is 4.15. The third kappa shape index (κ3) is 3.89. The number of nitrogens with one attached hydrogen (secondary N) is 1. The molecule has 2 atom stereocenters. The molecule has 2 unspecified atom stereocenters. The van der Waals surface area contributed by atoms with Gasteiger partial charge in [-0.2, -0.15) is 0 Å². The van der Waals surface area contributed by atoms with Crippen molar-refractivity contribution in [2.75, 3.05) is 6.61 Å². The van der Waals surface area contributed by atoms with E-state index in [4.69, 9.17) is 10.6 Å². The van der Waals surface area contributed by atoms with Gasteiger partial charge in [0.1, 0.15) is 0 Å². The van der Waals surface area contributed by atoms with Gasteiger partial charge in [-0.1, -0.05) is 6.92 Å². The average molecular weight is 223 g/mol. The molecule has 1 aromatic rings. The summed E-state index contributed by atoms with van der Waals surface area (Å²) in [7, 11) is 0. The van der Waals surface area contributed by atoms with Gasteiger partial charge in [0.15, 0.2) is 0 Å². The van der Waals surface area contributed by atoms with Crippen LogP contribution in [0.2, 0.25) is 0 Å². The Morgan fingerprint density at radius 1 is 1.38 bits per heavy atom. The van der Waals surface area contributed by atoms with Crippen molar-refractivity contribution >= 4 is 0 Å². The standard InChI is InChI=1S/C12H21N3O/c1-3-12(16-4-2)11(15-13)9-10-5-7-14-8-6-10/h5-8,11-12,15H,3-4,9,13H2,1-2H3. The summed E-state index contributed by atoms with van der Waals surface area (Å²) >= 11 is 0.